The lowest BCUT2D eigenvalue weighted by molar-refractivity contribution is 0.660. The van der Waals surface area contributed by atoms with Crippen molar-refractivity contribution in [3.63, 3.8) is 0 Å². The second-order valence-corrected chi connectivity index (χ2v) is 22.6. The van der Waals surface area contributed by atoms with Crippen LogP contribution >= 0.6 is 0 Å². The fourth-order valence-electron chi connectivity index (χ4n) is 12.9. The second-order valence-electron chi connectivity index (χ2n) is 22.6. The molecule has 0 saturated heterocycles. The van der Waals surface area contributed by atoms with Crippen molar-refractivity contribution in [1.29, 1.82) is 0 Å². The quantitative estimate of drug-likeness (QED) is 0.114. The van der Waals surface area contributed by atoms with Gasteiger partial charge in [-0.05, 0) is 201 Å². The van der Waals surface area contributed by atoms with Gasteiger partial charge >= 0.3 is 0 Å². The summed E-state index contributed by atoms with van der Waals surface area (Å²) in [5, 5.41) is 0. The SMILES string of the molecule is CC1(C)c2ccccc2-c2ccc(N(c3ccc(-c4ccc(N(c5ccccc5)c5ccccc5)cc4)cc3)c3ccc(N(c4ccc(N(c5ccccc5)c5ccccc5)cc4)c4ccc5c(c4)C(C)(C)c4ccccc4-5)cc3)cc21. The lowest BCUT2D eigenvalue weighted by Crippen LogP contribution is -2.17. The molecule has 0 unspecified atom stereocenters. The van der Waals surface area contributed by atoms with Crippen LogP contribution in [0.2, 0.25) is 0 Å². The summed E-state index contributed by atoms with van der Waals surface area (Å²) in [6.45, 7) is 9.44. The van der Waals surface area contributed by atoms with E-state index in [1.54, 1.807) is 0 Å². The minimum absolute atomic E-state index is 0.162. The van der Waals surface area contributed by atoms with Crippen LogP contribution in [0.15, 0.2) is 303 Å². The number of fused-ring (bicyclic) bond motifs is 6. The number of anilines is 12. The molecular formula is C78H62N4. The number of para-hydroxylation sites is 4. The van der Waals surface area contributed by atoms with Crippen molar-refractivity contribution in [2.75, 3.05) is 19.6 Å². The molecular weight excluding hydrogens is 993 g/mol. The third-order valence-electron chi connectivity index (χ3n) is 17.0. The molecule has 14 rings (SSSR count). The lowest BCUT2D eigenvalue weighted by atomic mass is 9.82. The van der Waals surface area contributed by atoms with E-state index in [0.717, 1.165) is 79.4 Å². The Labute approximate surface area is 482 Å². The predicted molar refractivity (Wildman–Crippen MR) is 346 cm³/mol. The Morgan fingerprint density at radius 3 is 0.683 bits per heavy atom. The van der Waals surface area contributed by atoms with Gasteiger partial charge in [0.1, 0.15) is 0 Å². The van der Waals surface area contributed by atoms with E-state index in [-0.39, 0.29) is 10.8 Å². The fraction of sp³-hybridized carbons (Fsp3) is 0.0769. The topological polar surface area (TPSA) is 13.0 Å². The summed E-state index contributed by atoms with van der Waals surface area (Å²) in [5.41, 5.74) is 25.7. The monoisotopic (exact) mass is 1050 g/mol. The number of hydrogen-bond acceptors (Lipinski definition) is 4. The van der Waals surface area contributed by atoms with Crippen LogP contribution in [-0.4, -0.2) is 0 Å². The van der Waals surface area contributed by atoms with Crippen molar-refractivity contribution < 1.29 is 0 Å². The highest BCUT2D eigenvalue weighted by Crippen LogP contribution is 2.53. The van der Waals surface area contributed by atoms with Crippen molar-refractivity contribution in [2.24, 2.45) is 0 Å². The highest BCUT2D eigenvalue weighted by molar-refractivity contribution is 5.90. The molecule has 12 aromatic rings. The van der Waals surface area contributed by atoms with E-state index >= 15 is 0 Å². The van der Waals surface area contributed by atoms with E-state index in [2.05, 4.69) is 351 Å². The summed E-state index contributed by atoms with van der Waals surface area (Å²) in [5.74, 6) is 0. The molecule has 0 bridgehead atoms. The average Bonchev–Trinajstić information content (AvgIpc) is 4.16. The van der Waals surface area contributed by atoms with E-state index in [1.807, 2.05) is 0 Å². The minimum atomic E-state index is -0.162. The van der Waals surface area contributed by atoms with Crippen LogP contribution < -0.4 is 19.6 Å². The molecule has 0 atom stereocenters. The van der Waals surface area contributed by atoms with Crippen LogP contribution in [0.3, 0.4) is 0 Å². The van der Waals surface area contributed by atoms with Crippen LogP contribution in [0.25, 0.3) is 33.4 Å². The zero-order chi connectivity index (χ0) is 55.4. The van der Waals surface area contributed by atoms with Crippen LogP contribution in [0, 0.1) is 0 Å². The Bertz CT molecular complexity index is 4150. The van der Waals surface area contributed by atoms with E-state index in [9.17, 15) is 0 Å². The molecule has 0 amide bonds. The third-order valence-corrected chi connectivity index (χ3v) is 17.0. The van der Waals surface area contributed by atoms with Gasteiger partial charge in [0.25, 0.3) is 0 Å². The van der Waals surface area contributed by atoms with Crippen molar-refractivity contribution in [3.05, 3.63) is 326 Å². The van der Waals surface area contributed by atoms with Gasteiger partial charge in [0.15, 0.2) is 0 Å². The molecule has 0 aliphatic heterocycles. The van der Waals surface area contributed by atoms with Crippen molar-refractivity contribution in [1.82, 2.24) is 0 Å². The van der Waals surface area contributed by atoms with Crippen LogP contribution in [0.4, 0.5) is 68.2 Å². The van der Waals surface area contributed by atoms with E-state index in [4.69, 9.17) is 0 Å². The molecule has 0 saturated carbocycles. The van der Waals surface area contributed by atoms with Gasteiger partial charge < -0.3 is 19.6 Å². The summed E-state index contributed by atoms with van der Waals surface area (Å²) in [6, 6.07) is 111. The third kappa shape index (κ3) is 8.81. The maximum absolute atomic E-state index is 2.42. The molecule has 82 heavy (non-hydrogen) atoms. The minimum Gasteiger partial charge on any atom is -0.311 e. The molecule has 4 nitrogen and oxygen atoms in total. The number of hydrogen-bond donors (Lipinski definition) is 0. The Hall–Kier alpha value is -10.2. The standard InChI is InChI=1S/C78H62N4/c1-77(2)73-31-19-17-29-69(73)71-51-49-67(53-75(71)77)81(62-39-35-56(36-40-62)55-33-37-61(38-34-55)79(57-21-9-5-10-22-57)58-23-11-6-12-24-58)64-45-47-66(48-46-64)82(68-50-52-72-70-30-18-20-32-74(70)78(3,4)76(72)54-68)65-43-41-63(42-44-65)80(59-25-13-7-14-26-59)60-27-15-8-16-28-60/h5-54H,1-4H3. The molecule has 0 radical (unpaired) electrons. The van der Waals surface area contributed by atoms with Gasteiger partial charge in [-0.1, -0.05) is 185 Å². The normalized spacial score (nSPS) is 13.1. The molecule has 0 fully saturated rings. The van der Waals surface area contributed by atoms with Crippen molar-refractivity contribution >= 4 is 68.2 Å². The van der Waals surface area contributed by atoms with Crippen LogP contribution in [-0.2, 0) is 10.8 Å². The van der Waals surface area contributed by atoms with E-state index < -0.39 is 0 Å². The summed E-state index contributed by atoms with van der Waals surface area (Å²) in [6.07, 6.45) is 0. The molecule has 0 N–H and O–H groups in total. The van der Waals surface area contributed by atoms with Gasteiger partial charge in [0.05, 0.1) is 0 Å². The second kappa shape index (κ2) is 20.5. The summed E-state index contributed by atoms with van der Waals surface area (Å²) >= 11 is 0. The molecule has 394 valence electrons. The van der Waals surface area contributed by atoms with Gasteiger partial charge in [-0.3, -0.25) is 0 Å². The predicted octanol–water partition coefficient (Wildman–Crippen LogP) is 21.8. The summed E-state index contributed by atoms with van der Waals surface area (Å²) in [4.78, 5) is 9.46. The highest BCUT2D eigenvalue weighted by Gasteiger charge is 2.37. The van der Waals surface area contributed by atoms with Crippen LogP contribution in [0.1, 0.15) is 49.9 Å². The molecule has 2 aliphatic rings. The molecule has 0 spiro atoms. The van der Waals surface area contributed by atoms with Crippen molar-refractivity contribution in [3.8, 4) is 33.4 Å². The molecule has 12 aromatic carbocycles. The molecule has 2 aliphatic carbocycles. The number of benzene rings is 12. The highest BCUT2D eigenvalue weighted by atomic mass is 15.2. The first-order valence-corrected chi connectivity index (χ1v) is 28.5. The maximum Gasteiger partial charge on any atom is 0.0465 e. The van der Waals surface area contributed by atoms with E-state index in [1.165, 1.54) is 44.5 Å². The maximum atomic E-state index is 2.42. The largest absolute Gasteiger partial charge is 0.311 e. The van der Waals surface area contributed by atoms with Gasteiger partial charge in [-0.15, -0.1) is 0 Å². The zero-order valence-electron chi connectivity index (χ0n) is 46.7. The van der Waals surface area contributed by atoms with E-state index in [0.29, 0.717) is 0 Å². The molecule has 0 aromatic heterocycles. The van der Waals surface area contributed by atoms with Gasteiger partial charge in [0.2, 0.25) is 0 Å². The Morgan fingerprint density at radius 1 is 0.183 bits per heavy atom. The lowest BCUT2D eigenvalue weighted by Gasteiger charge is -2.31. The Kier molecular flexibility index (Phi) is 12.5. The average molecular weight is 1060 g/mol. The fourth-order valence-corrected chi connectivity index (χ4v) is 12.9. The first-order chi connectivity index (χ1) is 40.2. The van der Waals surface area contributed by atoms with Gasteiger partial charge in [-0.25, -0.2) is 0 Å². The van der Waals surface area contributed by atoms with Crippen LogP contribution in [0.5, 0.6) is 0 Å². The summed E-state index contributed by atoms with van der Waals surface area (Å²) in [7, 11) is 0. The molecule has 0 heterocycles. The van der Waals surface area contributed by atoms with Gasteiger partial charge in [-0.2, -0.15) is 0 Å². The smallest absolute Gasteiger partial charge is 0.0465 e. The number of nitrogens with zero attached hydrogens (tertiary/aromatic N) is 4. The number of rotatable bonds is 13. The Morgan fingerprint density at radius 2 is 0.390 bits per heavy atom. The summed E-state index contributed by atoms with van der Waals surface area (Å²) < 4.78 is 0. The molecule has 4 heteroatoms. The first-order valence-electron chi connectivity index (χ1n) is 28.5. The van der Waals surface area contributed by atoms with Gasteiger partial charge in [0, 0.05) is 79.1 Å². The zero-order valence-corrected chi connectivity index (χ0v) is 46.7. The van der Waals surface area contributed by atoms with Crippen molar-refractivity contribution in [2.45, 2.75) is 38.5 Å². The Balaban J connectivity index is 0.856. The first kappa shape index (κ1) is 50.1.